The lowest BCUT2D eigenvalue weighted by Crippen LogP contribution is -2.59. The molecule has 2 fully saturated rings. The molecule has 8 heteroatoms. The standard InChI is InChI=1S/C24H36N2O5S/c1-32(28,29)25-21-8-6-15-26-22(21)17-31-19-13-11-18(12-14-19)20-7-2-3-9-23(20)30-16-5-4-10-24(26)27/h2-3,7,9,18-19,21-22,25H,4-6,8,10-17H2,1H3/t18?,19?,21-,22?/m0/s1. The largest absolute Gasteiger partial charge is 0.493 e. The van der Waals surface area contributed by atoms with Crippen LogP contribution in [0.3, 0.4) is 0 Å². The second-order valence-corrected chi connectivity index (χ2v) is 11.2. The number of rotatable bonds is 2. The van der Waals surface area contributed by atoms with Crippen LogP contribution in [0.1, 0.15) is 69.3 Å². The number of hydrogen-bond acceptors (Lipinski definition) is 5. The fourth-order valence-electron chi connectivity index (χ4n) is 5.41. The summed E-state index contributed by atoms with van der Waals surface area (Å²) in [5.74, 6) is 1.53. The van der Waals surface area contributed by atoms with E-state index < -0.39 is 10.0 Å². The summed E-state index contributed by atoms with van der Waals surface area (Å²) >= 11 is 0. The molecule has 4 aliphatic rings. The number of fused-ring (bicyclic) bond motifs is 8. The maximum atomic E-state index is 13.1. The van der Waals surface area contributed by atoms with Crippen molar-refractivity contribution in [1.82, 2.24) is 9.62 Å². The monoisotopic (exact) mass is 464 g/mol. The minimum atomic E-state index is -3.36. The van der Waals surface area contributed by atoms with Gasteiger partial charge in [-0.05, 0) is 68.9 Å². The van der Waals surface area contributed by atoms with E-state index in [0.29, 0.717) is 32.1 Å². The number of amides is 1. The number of nitrogens with zero attached hydrogens (tertiary/aromatic N) is 1. The number of ether oxygens (including phenoxy) is 2. The quantitative estimate of drug-likeness (QED) is 0.727. The van der Waals surface area contributed by atoms with Crippen LogP contribution in [0, 0.1) is 0 Å². The number of carbonyl (C=O) groups is 1. The molecule has 7 nitrogen and oxygen atoms in total. The van der Waals surface area contributed by atoms with Gasteiger partial charge in [0.1, 0.15) is 5.75 Å². The number of carbonyl (C=O) groups excluding carboxylic acids is 1. The van der Waals surface area contributed by atoms with Crippen molar-refractivity contribution >= 4 is 15.9 Å². The molecule has 5 rings (SSSR count). The summed E-state index contributed by atoms with van der Waals surface area (Å²) < 4.78 is 39.1. The van der Waals surface area contributed by atoms with E-state index >= 15 is 0 Å². The molecule has 1 unspecified atom stereocenters. The Hall–Kier alpha value is -1.64. The van der Waals surface area contributed by atoms with Crippen LogP contribution in [0.15, 0.2) is 24.3 Å². The molecule has 1 aliphatic carbocycles. The number of benzene rings is 1. The highest BCUT2D eigenvalue weighted by Gasteiger charge is 2.36. The highest BCUT2D eigenvalue weighted by molar-refractivity contribution is 7.88. The predicted molar refractivity (Wildman–Crippen MR) is 123 cm³/mol. The topological polar surface area (TPSA) is 84.9 Å². The minimum absolute atomic E-state index is 0.0785. The molecule has 1 aromatic rings. The van der Waals surface area contributed by atoms with Crippen molar-refractivity contribution in [3.8, 4) is 5.75 Å². The van der Waals surface area contributed by atoms with Crippen molar-refractivity contribution in [3.05, 3.63) is 29.8 Å². The Balaban J connectivity index is 1.51. The molecule has 1 saturated carbocycles. The average molecular weight is 465 g/mol. The lowest BCUT2D eigenvalue weighted by Gasteiger charge is -2.42. The Morgan fingerprint density at radius 2 is 1.81 bits per heavy atom. The fraction of sp³-hybridized carbons (Fsp3) is 0.708. The number of hydrogen-bond donors (Lipinski definition) is 1. The Morgan fingerprint density at radius 3 is 2.59 bits per heavy atom. The Bertz CT molecular complexity index is 882. The average Bonchev–Trinajstić information content (AvgIpc) is 2.77. The van der Waals surface area contributed by atoms with Gasteiger partial charge in [0.25, 0.3) is 0 Å². The maximum absolute atomic E-state index is 13.1. The molecule has 0 aromatic heterocycles. The summed E-state index contributed by atoms with van der Waals surface area (Å²) in [5.41, 5.74) is 1.28. The zero-order valence-corrected chi connectivity index (χ0v) is 19.8. The molecule has 3 heterocycles. The van der Waals surface area contributed by atoms with Gasteiger partial charge in [0.2, 0.25) is 15.9 Å². The van der Waals surface area contributed by atoms with Crippen LogP contribution in [0.25, 0.3) is 0 Å². The Kier molecular flexibility index (Phi) is 7.74. The molecule has 2 bridgehead atoms. The second-order valence-electron chi connectivity index (χ2n) is 9.44. The van der Waals surface area contributed by atoms with E-state index in [1.807, 2.05) is 11.0 Å². The number of nitrogens with one attached hydrogen (secondary N) is 1. The summed E-state index contributed by atoms with van der Waals surface area (Å²) in [5, 5.41) is 0. The van der Waals surface area contributed by atoms with Gasteiger partial charge < -0.3 is 14.4 Å². The Labute approximate surface area is 191 Å². The van der Waals surface area contributed by atoms with Gasteiger partial charge in [-0.25, -0.2) is 13.1 Å². The van der Waals surface area contributed by atoms with Gasteiger partial charge >= 0.3 is 0 Å². The molecule has 1 saturated heterocycles. The lowest BCUT2D eigenvalue weighted by molar-refractivity contribution is -0.138. The van der Waals surface area contributed by atoms with E-state index in [1.54, 1.807) is 0 Å². The highest BCUT2D eigenvalue weighted by atomic mass is 32.2. The molecule has 1 aromatic carbocycles. The molecule has 32 heavy (non-hydrogen) atoms. The molecule has 1 amide bonds. The van der Waals surface area contributed by atoms with Gasteiger partial charge in [-0.15, -0.1) is 0 Å². The molecular formula is C24H36N2O5S. The smallest absolute Gasteiger partial charge is 0.222 e. The first kappa shape index (κ1) is 23.5. The molecule has 0 radical (unpaired) electrons. The number of piperidine rings is 1. The van der Waals surface area contributed by atoms with E-state index in [2.05, 4.69) is 22.9 Å². The molecule has 178 valence electrons. The summed E-state index contributed by atoms with van der Waals surface area (Å²) in [7, 11) is -3.36. The fourth-order valence-corrected chi connectivity index (χ4v) is 6.24. The number of para-hydroxylation sites is 1. The van der Waals surface area contributed by atoms with Crippen LogP contribution in [0.2, 0.25) is 0 Å². The summed E-state index contributed by atoms with van der Waals surface area (Å²) in [4.78, 5) is 14.9. The van der Waals surface area contributed by atoms with Gasteiger partial charge in [-0.2, -0.15) is 0 Å². The molecule has 2 atom stereocenters. The molecular weight excluding hydrogens is 428 g/mol. The summed E-state index contributed by atoms with van der Waals surface area (Å²) in [6.07, 6.45) is 8.87. The van der Waals surface area contributed by atoms with Crippen LogP contribution in [-0.2, 0) is 19.6 Å². The van der Waals surface area contributed by atoms with Crippen LogP contribution in [0.4, 0.5) is 0 Å². The normalized spacial score (nSPS) is 30.3. The number of sulfonamides is 1. The van der Waals surface area contributed by atoms with Crippen LogP contribution in [0.5, 0.6) is 5.75 Å². The van der Waals surface area contributed by atoms with Crippen LogP contribution >= 0.6 is 0 Å². The lowest BCUT2D eigenvalue weighted by atomic mass is 9.82. The Morgan fingerprint density at radius 1 is 1.03 bits per heavy atom. The van der Waals surface area contributed by atoms with Gasteiger partial charge in [0.05, 0.1) is 31.6 Å². The van der Waals surface area contributed by atoms with E-state index in [-0.39, 0.29) is 24.1 Å². The maximum Gasteiger partial charge on any atom is 0.222 e. The van der Waals surface area contributed by atoms with Gasteiger partial charge in [-0.1, -0.05) is 18.2 Å². The predicted octanol–water partition coefficient (Wildman–Crippen LogP) is 3.20. The van der Waals surface area contributed by atoms with Crippen molar-refractivity contribution in [1.29, 1.82) is 0 Å². The third-order valence-electron chi connectivity index (χ3n) is 7.04. The van der Waals surface area contributed by atoms with Gasteiger partial charge in [0, 0.05) is 19.0 Å². The van der Waals surface area contributed by atoms with E-state index in [1.165, 1.54) is 11.8 Å². The van der Waals surface area contributed by atoms with E-state index in [0.717, 1.165) is 57.1 Å². The SMILES string of the molecule is CS(=O)(=O)N[C@H]1CCCN2C(=O)CCCCOc3ccccc3C3CCC(CC3)OCC12. The zero-order valence-electron chi connectivity index (χ0n) is 19.0. The first-order chi connectivity index (χ1) is 15.4. The van der Waals surface area contributed by atoms with Gasteiger partial charge in [-0.3, -0.25) is 4.79 Å². The molecule has 3 aliphatic heterocycles. The highest BCUT2D eigenvalue weighted by Crippen LogP contribution is 2.38. The third kappa shape index (κ3) is 6.02. The summed E-state index contributed by atoms with van der Waals surface area (Å²) in [6, 6.07) is 7.78. The van der Waals surface area contributed by atoms with Crippen molar-refractivity contribution in [2.24, 2.45) is 0 Å². The van der Waals surface area contributed by atoms with Crippen molar-refractivity contribution in [2.75, 3.05) is 26.0 Å². The van der Waals surface area contributed by atoms with Crippen LogP contribution < -0.4 is 9.46 Å². The van der Waals surface area contributed by atoms with E-state index in [9.17, 15) is 13.2 Å². The molecule has 1 N–H and O–H groups in total. The van der Waals surface area contributed by atoms with Crippen molar-refractivity contribution in [2.45, 2.75) is 81.9 Å². The van der Waals surface area contributed by atoms with Crippen LogP contribution in [-0.4, -0.2) is 63.4 Å². The first-order valence-electron chi connectivity index (χ1n) is 12.0. The third-order valence-corrected chi connectivity index (χ3v) is 7.77. The van der Waals surface area contributed by atoms with Gasteiger partial charge in [0.15, 0.2) is 0 Å². The van der Waals surface area contributed by atoms with Crippen molar-refractivity contribution in [3.63, 3.8) is 0 Å². The first-order valence-corrected chi connectivity index (χ1v) is 13.9. The summed E-state index contributed by atoms with van der Waals surface area (Å²) in [6.45, 7) is 1.64. The van der Waals surface area contributed by atoms with E-state index in [4.69, 9.17) is 9.47 Å². The zero-order chi connectivity index (χ0) is 22.6. The molecule has 0 spiro atoms. The van der Waals surface area contributed by atoms with Crippen molar-refractivity contribution < 1.29 is 22.7 Å². The minimum Gasteiger partial charge on any atom is -0.493 e. The second kappa shape index (κ2) is 10.5.